The Balaban J connectivity index is 1.48. The summed E-state index contributed by atoms with van der Waals surface area (Å²) in [5, 5.41) is 5.52. The molecule has 0 fully saturated rings. The summed E-state index contributed by atoms with van der Waals surface area (Å²) in [5.41, 5.74) is 6.69. The molecule has 0 aliphatic carbocycles. The molecule has 4 rings (SSSR count). The second kappa shape index (κ2) is 9.97. The number of thioether (sulfide) groups is 1. The van der Waals surface area contributed by atoms with Crippen LogP contribution in [0.25, 0.3) is 11.0 Å². The molecular weight excluding hydrogens is 447 g/mol. The van der Waals surface area contributed by atoms with E-state index in [0.717, 1.165) is 27.3 Å². The van der Waals surface area contributed by atoms with Crippen molar-refractivity contribution >= 4 is 46.0 Å². The van der Waals surface area contributed by atoms with Gasteiger partial charge in [-0.1, -0.05) is 65.8 Å². The average Bonchev–Trinajstić information content (AvgIpc) is 3.15. The van der Waals surface area contributed by atoms with Crippen molar-refractivity contribution in [2.24, 2.45) is 5.10 Å². The molecule has 0 atom stereocenters. The highest BCUT2D eigenvalue weighted by atomic mass is 35.5. The van der Waals surface area contributed by atoms with Crippen LogP contribution < -0.4 is 5.43 Å². The second-order valence-electron chi connectivity index (χ2n) is 7.09. The molecule has 8 heteroatoms. The third kappa shape index (κ3) is 5.18. The van der Waals surface area contributed by atoms with Crippen LogP contribution >= 0.6 is 23.4 Å². The van der Waals surface area contributed by atoms with Crippen LogP contribution in [0.5, 0.6) is 0 Å². The lowest BCUT2D eigenvalue weighted by Gasteiger charge is -2.10. The number of benzene rings is 3. The maximum atomic E-state index is 13.1. The molecule has 0 radical (unpaired) electrons. The number of carbonyl (C=O) groups is 1. The summed E-state index contributed by atoms with van der Waals surface area (Å²) in [4.78, 5) is 17.1. The first-order chi connectivity index (χ1) is 15.5. The minimum atomic E-state index is -0.318. The number of amides is 1. The van der Waals surface area contributed by atoms with Crippen LogP contribution in [0.1, 0.15) is 18.1 Å². The number of hydrazone groups is 1. The Bertz CT molecular complexity index is 1290. The van der Waals surface area contributed by atoms with Crippen molar-refractivity contribution in [3.63, 3.8) is 0 Å². The van der Waals surface area contributed by atoms with Gasteiger partial charge in [-0.3, -0.25) is 4.79 Å². The smallest absolute Gasteiger partial charge is 0.250 e. The molecule has 0 saturated heterocycles. The predicted molar refractivity (Wildman–Crippen MR) is 128 cm³/mol. The number of imidazole rings is 1. The lowest BCUT2D eigenvalue weighted by atomic mass is 10.1. The highest BCUT2D eigenvalue weighted by Crippen LogP contribution is 2.27. The molecule has 1 heterocycles. The van der Waals surface area contributed by atoms with Gasteiger partial charge in [0.05, 0.1) is 29.0 Å². The highest BCUT2D eigenvalue weighted by molar-refractivity contribution is 7.99. The van der Waals surface area contributed by atoms with E-state index in [1.54, 1.807) is 19.1 Å². The molecule has 1 N–H and O–H groups in total. The standard InChI is InChI=1S/C24H20ClFN4OS/c1-16(17-10-12-19(26)13-11-17)28-29-23(31)15-32-24-27-21-8-4-5-9-22(21)30(24)14-18-6-2-3-7-20(18)25/h2-13H,14-15H2,1H3,(H,29,31)/b28-16-. The first-order valence-electron chi connectivity index (χ1n) is 9.92. The topological polar surface area (TPSA) is 59.3 Å². The van der Waals surface area contributed by atoms with Gasteiger partial charge in [0.25, 0.3) is 5.91 Å². The van der Waals surface area contributed by atoms with Crippen LogP contribution in [0.15, 0.2) is 83.1 Å². The molecule has 3 aromatic carbocycles. The van der Waals surface area contributed by atoms with E-state index in [1.165, 1.54) is 23.9 Å². The largest absolute Gasteiger partial charge is 0.314 e. The number of fused-ring (bicyclic) bond motifs is 1. The number of aromatic nitrogens is 2. The van der Waals surface area contributed by atoms with Crippen molar-refractivity contribution in [3.05, 3.63) is 94.8 Å². The molecule has 32 heavy (non-hydrogen) atoms. The van der Waals surface area contributed by atoms with E-state index in [1.807, 2.05) is 48.5 Å². The molecular formula is C24H20ClFN4OS. The lowest BCUT2D eigenvalue weighted by molar-refractivity contribution is -0.118. The summed E-state index contributed by atoms with van der Waals surface area (Å²) >= 11 is 7.70. The van der Waals surface area contributed by atoms with Gasteiger partial charge < -0.3 is 4.57 Å². The fourth-order valence-corrected chi connectivity index (χ4v) is 4.18. The summed E-state index contributed by atoms with van der Waals surface area (Å²) < 4.78 is 15.1. The molecule has 0 bridgehead atoms. The number of carbonyl (C=O) groups excluding carboxylic acids is 1. The number of hydrogen-bond donors (Lipinski definition) is 1. The quantitative estimate of drug-likeness (QED) is 0.222. The van der Waals surface area contributed by atoms with Crippen molar-refractivity contribution in [1.29, 1.82) is 0 Å². The van der Waals surface area contributed by atoms with Gasteiger partial charge >= 0.3 is 0 Å². The number of hydrogen-bond acceptors (Lipinski definition) is 4. The molecule has 0 unspecified atom stereocenters. The number of para-hydroxylation sites is 2. The fraction of sp³-hybridized carbons (Fsp3) is 0.125. The van der Waals surface area contributed by atoms with Gasteiger partial charge in [0, 0.05) is 5.02 Å². The zero-order valence-corrected chi connectivity index (χ0v) is 18.8. The van der Waals surface area contributed by atoms with Crippen molar-refractivity contribution < 1.29 is 9.18 Å². The normalized spacial score (nSPS) is 11.7. The van der Waals surface area contributed by atoms with E-state index >= 15 is 0 Å². The first-order valence-corrected chi connectivity index (χ1v) is 11.3. The van der Waals surface area contributed by atoms with Gasteiger partial charge in [0.15, 0.2) is 5.16 Å². The molecule has 162 valence electrons. The third-order valence-electron chi connectivity index (χ3n) is 4.85. The lowest BCUT2D eigenvalue weighted by Crippen LogP contribution is -2.21. The molecule has 1 aromatic heterocycles. The fourth-order valence-electron chi connectivity index (χ4n) is 3.18. The molecule has 0 saturated carbocycles. The zero-order chi connectivity index (χ0) is 22.5. The SMILES string of the molecule is C/C(=N/NC(=O)CSc1nc2ccccc2n1Cc1ccccc1Cl)c1ccc(F)cc1. The number of nitrogens with one attached hydrogen (secondary N) is 1. The van der Waals surface area contributed by atoms with Crippen molar-refractivity contribution in [2.75, 3.05) is 5.75 Å². The van der Waals surface area contributed by atoms with E-state index in [2.05, 4.69) is 15.1 Å². The number of halogens is 2. The Labute approximate surface area is 194 Å². The Hall–Kier alpha value is -3.16. The minimum absolute atomic E-state index is 0.145. The van der Waals surface area contributed by atoms with E-state index in [4.69, 9.17) is 16.6 Å². The number of rotatable bonds is 7. The first kappa shape index (κ1) is 22.0. The predicted octanol–water partition coefficient (Wildman–Crippen LogP) is 5.51. The average molecular weight is 467 g/mol. The van der Waals surface area contributed by atoms with Crippen LogP contribution in [-0.2, 0) is 11.3 Å². The summed E-state index contributed by atoms with van der Waals surface area (Å²) in [6.45, 7) is 2.30. The van der Waals surface area contributed by atoms with E-state index < -0.39 is 0 Å². The van der Waals surface area contributed by atoms with Gasteiger partial charge in [0.2, 0.25) is 0 Å². The van der Waals surface area contributed by atoms with Crippen molar-refractivity contribution in [3.8, 4) is 0 Å². The molecule has 0 spiro atoms. The Morgan fingerprint density at radius 3 is 2.59 bits per heavy atom. The van der Waals surface area contributed by atoms with Crippen molar-refractivity contribution in [2.45, 2.75) is 18.6 Å². The van der Waals surface area contributed by atoms with Crippen LogP contribution in [0.3, 0.4) is 0 Å². The third-order valence-corrected chi connectivity index (χ3v) is 6.19. The van der Waals surface area contributed by atoms with Gasteiger partial charge in [-0.05, 0) is 48.4 Å². The molecule has 4 aromatic rings. The zero-order valence-electron chi connectivity index (χ0n) is 17.3. The second-order valence-corrected chi connectivity index (χ2v) is 8.44. The van der Waals surface area contributed by atoms with Crippen LogP contribution in [0.4, 0.5) is 4.39 Å². The summed E-state index contributed by atoms with van der Waals surface area (Å²) in [6.07, 6.45) is 0. The Kier molecular flexibility index (Phi) is 6.87. The van der Waals surface area contributed by atoms with Gasteiger partial charge in [0.1, 0.15) is 5.82 Å². The number of nitrogens with zero attached hydrogens (tertiary/aromatic N) is 3. The molecule has 1 amide bonds. The van der Waals surface area contributed by atoms with E-state index in [0.29, 0.717) is 17.3 Å². The maximum absolute atomic E-state index is 13.1. The monoisotopic (exact) mass is 466 g/mol. The Morgan fingerprint density at radius 2 is 1.81 bits per heavy atom. The maximum Gasteiger partial charge on any atom is 0.250 e. The Morgan fingerprint density at radius 1 is 1.09 bits per heavy atom. The van der Waals surface area contributed by atoms with E-state index in [9.17, 15) is 9.18 Å². The molecule has 5 nitrogen and oxygen atoms in total. The molecule has 0 aliphatic heterocycles. The summed E-state index contributed by atoms with van der Waals surface area (Å²) in [6, 6.07) is 21.5. The van der Waals surface area contributed by atoms with Gasteiger partial charge in [-0.2, -0.15) is 5.10 Å². The van der Waals surface area contributed by atoms with Gasteiger partial charge in [-0.15, -0.1) is 0 Å². The van der Waals surface area contributed by atoms with Crippen LogP contribution in [0, 0.1) is 5.82 Å². The van der Waals surface area contributed by atoms with Crippen LogP contribution in [0.2, 0.25) is 5.02 Å². The van der Waals surface area contributed by atoms with Crippen molar-refractivity contribution in [1.82, 2.24) is 15.0 Å². The molecule has 0 aliphatic rings. The minimum Gasteiger partial charge on any atom is -0.314 e. The van der Waals surface area contributed by atoms with E-state index in [-0.39, 0.29) is 17.5 Å². The summed E-state index contributed by atoms with van der Waals surface area (Å²) in [5.74, 6) is -0.430. The van der Waals surface area contributed by atoms with Gasteiger partial charge in [-0.25, -0.2) is 14.8 Å². The summed E-state index contributed by atoms with van der Waals surface area (Å²) in [7, 11) is 0. The highest BCUT2D eigenvalue weighted by Gasteiger charge is 2.14. The van der Waals surface area contributed by atoms with Crippen LogP contribution in [-0.4, -0.2) is 26.9 Å².